The Morgan fingerprint density at radius 2 is 1.54 bits per heavy atom. The number of thiophene rings is 1. The number of methoxy groups -OCH3 is 2. The maximum Gasteiger partial charge on any atom is 0.257 e. The maximum absolute atomic E-state index is 12.9. The fourth-order valence-electron chi connectivity index (χ4n) is 3.74. The first-order valence-electron chi connectivity index (χ1n) is 11.7. The van der Waals surface area contributed by atoms with Crippen molar-refractivity contribution in [3.63, 3.8) is 0 Å². The van der Waals surface area contributed by atoms with Gasteiger partial charge in [-0.3, -0.25) is 19.7 Å². The summed E-state index contributed by atoms with van der Waals surface area (Å²) in [6.45, 7) is 3.42. The topological polar surface area (TPSA) is 81.7 Å². The normalized spacial score (nSPS) is 11.2. The highest BCUT2D eigenvalue weighted by Gasteiger charge is 2.16. The summed E-state index contributed by atoms with van der Waals surface area (Å²) in [5.74, 6) is -0.124. The van der Waals surface area contributed by atoms with Crippen molar-refractivity contribution in [1.82, 2.24) is 5.32 Å². The van der Waals surface area contributed by atoms with Crippen LogP contribution in [0.25, 0.3) is 26.6 Å². The van der Waals surface area contributed by atoms with Gasteiger partial charge in [0.15, 0.2) is 5.78 Å². The Balaban J connectivity index is 1.59. The van der Waals surface area contributed by atoms with Crippen LogP contribution in [0.5, 0.6) is 11.5 Å². The Hall–Kier alpha value is -4.23. The molecule has 0 unspecified atom stereocenters. The molecule has 3 aromatic carbocycles. The zero-order valence-corrected chi connectivity index (χ0v) is 21.8. The number of allylic oxidation sites excluding steroid dienone is 1. The Labute approximate surface area is 219 Å². The summed E-state index contributed by atoms with van der Waals surface area (Å²) in [6, 6.07) is 20.2. The quantitative estimate of drug-likeness (QED) is 0.218. The Bertz CT molecular complexity index is 1470. The van der Waals surface area contributed by atoms with Gasteiger partial charge in [-0.05, 0) is 47.9 Å². The number of nitrogens with one attached hydrogen (secondary N) is 1. The fourth-order valence-corrected chi connectivity index (χ4v) is 4.82. The van der Waals surface area contributed by atoms with Crippen LogP contribution < -0.4 is 14.8 Å². The summed E-state index contributed by atoms with van der Waals surface area (Å²) in [7, 11) is 3.19. The van der Waals surface area contributed by atoms with E-state index in [9.17, 15) is 14.4 Å². The van der Waals surface area contributed by atoms with Crippen molar-refractivity contribution in [2.24, 2.45) is 5.92 Å². The minimum Gasteiger partial charge on any atom is -0.496 e. The van der Waals surface area contributed by atoms with Crippen LogP contribution in [0.1, 0.15) is 40.1 Å². The van der Waals surface area contributed by atoms with Crippen molar-refractivity contribution < 1.29 is 23.9 Å². The van der Waals surface area contributed by atoms with Gasteiger partial charge in [0.05, 0.1) is 14.2 Å². The van der Waals surface area contributed by atoms with Gasteiger partial charge in [-0.25, -0.2) is 0 Å². The highest BCUT2D eigenvalue weighted by Crippen LogP contribution is 2.41. The molecular weight excluding hydrogens is 486 g/mol. The highest BCUT2D eigenvalue weighted by atomic mass is 32.1. The summed E-state index contributed by atoms with van der Waals surface area (Å²) < 4.78 is 12.4. The Morgan fingerprint density at radius 1 is 0.865 bits per heavy atom. The summed E-state index contributed by atoms with van der Waals surface area (Å²) in [6.07, 6.45) is 3.18. The van der Waals surface area contributed by atoms with E-state index in [1.807, 2.05) is 24.3 Å². The summed E-state index contributed by atoms with van der Waals surface area (Å²) >= 11 is 1.67. The number of benzene rings is 3. The molecule has 0 radical (unpaired) electrons. The standard InChI is InChI=1S/C30H27NO5S/c1-18(2)29(33)31-30(34)20-11-9-19(10-12-20)24(32)14-13-21-15-23(26(36-4)17-25(21)35-3)28-16-22-7-5-6-8-27(22)37-28/h5-18H,1-4H3,(H,31,33,34)/b14-13+. The van der Waals surface area contributed by atoms with E-state index in [0.717, 1.165) is 21.4 Å². The molecule has 0 saturated heterocycles. The lowest BCUT2D eigenvalue weighted by molar-refractivity contribution is -0.122. The molecule has 1 aromatic heterocycles. The molecule has 7 heteroatoms. The predicted molar refractivity (Wildman–Crippen MR) is 147 cm³/mol. The molecule has 1 heterocycles. The van der Waals surface area contributed by atoms with Crippen LogP contribution in [0, 0.1) is 5.92 Å². The number of hydrogen-bond acceptors (Lipinski definition) is 6. The van der Waals surface area contributed by atoms with E-state index in [1.54, 1.807) is 57.6 Å². The smallest absolute Gasteiger partial charge is 0.257 e. The average molecular weight is 514 g/mol. The van der Waals surface area contributed by atoms with Gasteiger partial charge < -0.3 is 9.47 Å². The predicted octanol–water partition coefficient (Wildman–Crippen LogP) is 6.39. The first-order chi connectivity index (χ1) is 17.8. The first-order valence-corrected chi connectivity index (χ1v) is 12.5. The van der Waals surface area contributed by atoms with Gasteiger partial charge >= 0.3 is 0 Å². The van der Waals surface area contributed by atoms with Crippen molar-refractivity contribution in [3.05, 3.63) is 89.5 Å². The lowest BCUT2D eigenvalue weighted by atomic mass is 10.0. The lowest BCUT2D eigenvalue weighted by Crippen LogP contribution is -2.33. The van der Waals surface area contributed by atoms with Crippen molar-refractivity contribution in [2.75, 3.05) is 14.2 Å². The van der Waals surface area contributed by atoms with Crippen LogP contribution in [0.4, 0.5) is 0 Å². The zero-order valence-electron chi connectivity index (χ0n) is 21.0. The van der Waals surface area contributed by atoms with Gasteiger partial charge in [0.25, 0.3) is 5.91 Å². The molecule has 2 amide bonds. The number of carbonyl (C=O) groups excluding carboxylic acids is 3. The monoisotopic (exact) mass is 513 g/mol. The van der Waals surface area contributed by atoms with Crippen molar-refractivity contribution in [2.45, 2.75) is 13.8 Å². The number of carbonyl (C=O) groups is 3. The van der Waals surface area contributed by atoms with Gasteiger partial charge in [-0.2, -0.15) is 0 Å². The number of ketones is 1. The average Bonchev–Trinajstić information content (AvgIpc) is 3.35. The fraction of sp³-hybridized carbons (Fsp3) is 0.167. The second kappa shape index (κ2) is 11.2. The van der Waals surface area contributed by atoms with Gasteiger partial charge in [0, 0.05) is 43.8 Å². The van der Waals surface area contributed by atoms with E-state index in [2.05, 4.69) is 23.5 Å². The van der Waals surface area contributed by atoms with Crippen molar-refractivity contribution in [3.8, 4) is 21.9 Å². The van der Waals surface area contributed by atoms with E-state index in [-0.39, 0.29) is 17.6 Å². The summed E-state index contributed by atoms with van der Waals surface area (Å²) in [4.78, 5) is 37.9. The molecule has 188 valence electrons. The van der Waals surface area contributed by atoms with Crippen LogP contribution in [-0.4, -0.2) is 31.8 Å². The lowest BCUT2D eigenvalue weighted by Gasteiger charge is -2.12. The van der Waals surface area contributed by atoms with Crippen molar-refractivity contribution in [1.29, 1.82) is 0 Å². The number of fused-ring (bicyclic) bond motifs is 1. The second-order valence-corrected chi connectivity index (χ2v) is 9.77. The molecular formula is C30H27NO5S. The number of hydrogen-bond donors (Lipinski definition) is 1. The molecule has 1 N–H and O–H groups in total. The SMILES string of the molecule is COc1cc(OC)c(-c2cc3ccccc3s2)cc1/C=C/C(=O)c1ccc(C(=O)NC(=O)C(C)C)cc1. The summed E-state index contributed by atoms with van der Waals surface area (Å²) in [5, 5.41) is 3.49. The third-order valence-corrected chi connectivity index (χ3v) is 7.00. The van der Waals surface area contributed by atoms with Crippen LogP contribution in [0.15, 0.2) is 72.8 Å². The third kappa shape index (κ3) is 5.78. The van der Waals surface area contributed by atoms with E-state index in [0.29, 0.717) is 22.6 Å². The van der Waals surface area contributed by atoms with E-state index >= 15 is 0 Å². The van der Waals surface area contributed by atoms with Gasteiger partial charge in [-0.1, -0.05) is 44.2 Å². The van der Waals surface area contributed by atoms with Gasteiger partial charge in [0.2, 0.25) is 5.91 Å². The molecule has 0 fully saturated rings. The first kappa shape index (κ1) is 25.9. The maximum atomic E-state index is 12.9. The number of amides is 2. The van der Waals surface area contributed by atoms with E-state index in [4.69, 9.17) is 9.47 Å². The molecule has 0 aliphatic heterocycles. The molecule has 0 spiro atoms. The summed E-state index contributed by atoms with van der Waals surface area (Å²) in [5.41, 5.74) is 2.36. The molecule has 0 aliphatic carbocycles. The molecule has 0 saturated carbocycles. The van der Waals surface area contributed by atoms with Crippen LogP contribution in [0.2, 0.25) is 0 Å². The molecule has 4 aromatic rings. The molecule has 0 atom stereocenters. The molecule has 37 heavy (non-hydrogen) atoms. The minimum absolute atomic E-state index is 0.230. The highest BCUT2D eigenvalue weighted by molar-refractivity contribution is 7.22. The van der Waals surface area contributed by atoms with E-state index < -0.39 is 5.91 Å². The van der Waals surface area contributed by atoms with Crippen LogP contribution in [-0.2, 0) is 4.79 Å². The van der Waals surface area contributed by atoms with Crippen LogP contribution in [0.3, 0.4) is 0 Å². The van der Waals surface area contributed by atoms with Crippen LogP contribution >= 0.6 is 11.3 Å². The molecule has 0 bridgehead atoms. The Morgan fingerprint density at radius 3 is 2.19 bits per heavy atom. The number of rotatable bonds is 8. The third-order valence-electron chi connectivity index (χ3n) is 5.85. The van der Waals surface area contributed by atoms with Gasteiger partial charge in [-0.15, -0.1) is 11.3 Å². The zero-order chi connectivity index (χ0) is 26.5. The number of imide groups is 1. The molecule has 6 nitrogen and oxygen atoms in total. The van der Waals surface area contributed by atoms with E-state index in [1.165, 1.54) is 22.9 Å². The largest absolute Gasteiger partial charge is 0.496 e. The molecule has 0 aliphatic rings. The minimum atomic E-state index is -0.495. The number of ether oxygens (including phenoxy) is 2. The van der Waals surface area contributed by atoms with Crippen molar-refractivity contribution >= 4 is 45.1 Å². The molecule has 4 rings (SSSR count). The second-order valence-electron chi connectivity index (χ2n) is 8.69. The van der Waals surface area contributed by atoms with Gasteiger partial charge in [0.1, 0.15) is 11.5 Å². The Kier molecular flexibility index (Phi) is 7.84.